The Bertz CT molecular complexity index is 639. The lowest BCUT2D eigenvalue weighted by molar-refractivity contribution is 0.580. The van der Waals surface area contributed by atoms with Gasteiger partial charge in [-0.25, -0.2) is 13.1 Å². The minimum Gasteiger partial charge on any atom is -0.318 e. The van der Waals surface area contributed by atoms with Crippen LogP contribution in [0.5, 0.6) is 0 Å². The SMILES string of the molecule is CNCCNS(=O)(=O)c1cccc2ccccc12.Cl. The van der Waals surface area contributed by atoms with Gasteiger partial charge in [-0.3, -0.25) is 0 Å². The van der Waals surface area contributed by atoms with Gasteiger partial charge in [0.25, 0.3) is 0 Å². The van der Waals surface area contributed by atoms with Crippen molar-refractivity contribution in [1.29, 1.82) is 0 Å². The first kappa shape index (κ1) is 15.9. The van der Waals surface area contributed by atoms with Crippen LogP contribution >= 0.6 is 12.4 Å². The van der Waals surface area contributed by atoms with E-state index in [0.717, 1.165) is 10.8 Å². The van der Waals surface area contributed by atoms with E-state index >= 15 is 0 Å². The van der Waals surface area contributed by atoms with Gasteiger partial charge >= 0.3 is 0 Å². The van der Waals surface area contributed by atoms with Crippen LogP contribution in [0.25, 0.3) is 10.8 Å². The van der Waals surface area contributed by atoms with E-state index in [-0.39, 0.29) is 12.4 Å². The van der Waals surface area contributed by atoms with Crippen LogP contribution in [0.3, 0.4) is 0 Å². The summed E-state index contributed by atoms with van der Waals surface area (Å²) in [4.78, 5) is 0.330. The molecular weight excluding hydrogens is 284 g/mol. The highest BCUT2D eigenvalue weighted by Gasteiger charge is 2.15. The standard InChI is InChI=1S/C13H16N2O2S.ClH/c1-14-9-10-15-18(16,17)13-8-4-6-11-5-2-3-7-12(11)13;/h2-8,14-15H,9-10H2,1H3;1H. The molecule has 0 aromatic heterocycles. The van der Waals surface area contributed by atoms with E-state index in [1.54, 1.807) is 19.2 Å². The van der Waals surface area contributed by atoms with Crippen molar-refractivity contribution in [2.24, 2.45) is 0 Å². The van der Waals surface area contributed by atoms with Crippen molar-refractivity contribution in [2.75, 3.05) is 20.1 Å². The fraction of sp³-hybridized carbons (Fsp3) is 0.231. The van der Waals surface area contributed by atoms with Crippen molar-refractivity contribution in [3.8, 4) is 0 Å². The number of nitrogens with one attached hydrogen (secondary N) is 2. The van der Waals surface area contributed by atoms with Gasteiger partial charge in [-0.05, 0) is 18.5 Å². The van der Waals surface area contributed by atoms with Crippen LogP contribution in [0, 0.1) is 0 Å². The summed E-state index contributed by atoms with van der Waals surface area (Å²) in [5.74, 6) is 0. The van der Waals surface area contributed by atoms with Gasteiger partial charge in [0.05, 0.1) is 4.90 Å². The fourth-order valence-electron chi connectivity index (χ4n) is 1.82. The molecular formula is C13H17ClN2O2S. The normalized spacial score (nSPS) is 11.2. The van der Waals surface area contributed by atoms with Crippen molar-refractivity contribution in [1.82, 2.24) is 10.0 Å². The summed E-state index contributed by atoms with van der Waals surface area (Å²) in [6.45, 7) is 0.978. The summed E-state index contributed by atoms with van der Waals surface area (Å²) >= 11 is 0. The molecule has 104 valence electrons. The minimum atomic E-state index is -3.45. The largest absolute Gasteiger partial charge is 0.318 e. The highest BCUT2D eigenvalue weighted by Crippen LogP contribution is 2.22. The zero-order chi connectivity index (χ0) is 13.0. The van der Waals surface area contributed by atoms with Gasteiger partial charge in [-0.15, -0.1) is 12.4 Å². The number of fused-ring (bicyclic) bond motifs is 1. The highest BCUT2D eigenvalue weighted by molar-refractivity contribution is 7.89. The Balaban J connectivity index is 0.00000180. The highest BCUT2D eigenvalue weighted by atomic mass is 35.5. The molecule has 2 aromatic carbocycles. The van der Waals surface area contributed by atoms with E-state index < -0.39 is 10.0 Å². The molecule has 0 bridgehead atoms. The number of hydrogen-bond acceptors (Lipinski definition) is 3. The smallest absolute Gasteiger partial charge is 0.241 e. The van der Waals surface area contributed by atoms with E-state index in [9.17, 15) is 8.42 Å². The predicted octanol–water partition coefficient (Wildman–Crippen LogP) is 1.76. The molecule has 0 unspecified atom stereocenters. The van der Waals surface area contributed by atoms with Crippen LogP contribution in [-0.4, -0.2) is 28.6 Å². The molecule has 2 rings (SSSR count). The molecule has 0 amide bonds. The molecule has 0 aliphatic carbocycles. The van der Waals surface area contributed by atoms with Crippen LogP contribution in [-0.2, 0) is 10.0 Å². The van der Waals surface area contributed by atoms with Crippen LogP contribution in [0.15, 0.2) is 47.4 Å². The van der Waals surface area contributed by atoms with Gasteiger partial charge in [-0.2, -0.15) is 0 Å². The van der Waals surface area contributed by atoms with Gasteiger partial charge in [0.15, 0.2) is 0 Å². The molecule has 0 atom stereocenters. The molecule has 0 aliphatic heterocycles. The first-order valence-electron chi connectivity index (χ1n) is 5.77. The summed E-state index contributed by atoms with van der Waals surface area (Å²) in [6, 6.07) is 12.8. The van der Waals surface area contributed by atoms with Gasteiger partial charge in [0.2, 0.25) is 10.0 Å². The van der Waals surface area contributed by atoms with E-state index in [1.807, 2.05) is 30.3 Å². The van der Waals surface area contributed by atoms with Crippen molar-refractivity contribution in [2.45, 2.75) is 4.90 Å². The molecule has 2 N–H and O–H groups in total. The number of halogens is 1. The number of hydrogen-bond donors (Lipinski definition) is 2. The Morgan fingerprint density at radius 2 is 1.68 bits per heavy atom. The summed E-state index contributed by atoms with van der Waals surface area (Å²) in [5.41, 5.74) is 0. The lowest BCUT2D eigenvalue weighted by Crippen LogP contribution is -2.30. The Morgan fingerprint density at radius 3 is 2.42 bits per heavy atom. The van der Waals surface area contributed by atoms with E-state index in [1.165, 1.54) is 0 Å². The molecule has 0 fully saturated rings. The third kappa shape index (κ3) is 3.67. The van der Waals surface area contributed by atoms with Gasteiger partial charge < -0.3 is 5.32 Å². The molecule has 19 heavy (non-hydrogen) atoms. The monoisotopic (exact) mass is 300 g/mol. The molecule has 0 saturated heterocycles. The zero-order valence-electron chi connectivity index (χ0n) is 10.6. The number of benzene rings is 2. The van der Waals surface area contributed by atoms with Crippen LogP contribution < -0.4 is 10.0 Å². The van der Waals surface area contributed by atoms with Crippen molar-refractivity contribution < 1.29 is 8.42 Å². The van der Waals surface area contributed by atoms with Crippen molar-refractivity contribution in [3.63, 3.8) is 0 Å². The summed E-state index contributed by atoms with van der Waals surface area (Å²) in [6.07, 6.45) is 0. The summed E-state index contributed by atoms with van der Waals surface area (Å²) < 4.78 is 26.9. The minimum absolute atomic E-state index is 0. The number of rotatable bonds is 5. The molecule has 2 aromatic rings. The fourth-order valence-corrected chi connectivity index (χ4v) is 3.08. The predicted molar refractivity (Wildman–Crippen MR) is 80.3 cm³/mol. The zero-order valence-corrected chi connectivity index (χ0v) is 12.2. The maximum atomic E-state index is 12.2. The Labute approximate surface area is 119 Å². The molecule has 0 spiro atoms. The van der Waals surface area contributed by atoms with E-state index in [0.29, 0.717) is 18.0 Å². The van der Waals surface area contributed by atoms with E-state index in [2.05, 4.69) is 10.0 Å². The average Bonchev–Trinajstić information content (AvgIpc) is 2.38. The van der Waals surface area contributed by atoms with Crippen LogP contribution in [0.4, 0.5) is 0 Å². The number of likely N-dealkylation sites (N-methyl/N-ethyl adjacent to an activating group) is 1. The van der Waals surface area contributed by atoms with Crippen LogP contribution in [0.2, 0.25) is 0 Å². The second-order valence-corrected chi connectivity index (χ2v) is 5.71. The molecule has 0 heterocycles. The average molecular weight is 301 g/mol. The van der Waals surface area contributed by atoms with Gasteiger partial charge in [0, 0.05) is 18.5 Å². The molecule has 4 nitrogen and oxygen atoms in total. The van der Waals surface area contributed by atoms with Crippen molar-refractivity contribution in [3.05, 3.63) is 42.5 Å². The quantitative estimate of drug-likeness (QED) is 0.827. The topological polar surface area (TPSA) is 58.2 Å². The Kier molecular flexibility index (Phi) is 5.75. The summed E-state index contributed by atoms with van der Waals surface area (Å²) in [5, 5.41) is 4.57. The van der Waals surface area contributed by atoms with E-state index in [4.69, 9.17) is 0 Å². The third-order valence-electron chi connectivity index (χ3n) is 2.71. The molecule has 0 saturated carbocycles. The second kappa shape index (κ2) is 6.86. The Morgan fingerprint density at radius 1 is 1.00 bits per heavy atom. The Hall–Kier alpha value is -1.14. The lowest BCUT2D eigenvalue weighted by Gasteiger charge is -2.09. The summed E-state index contributed by atoms with van der Waals surface area (Å²) in [7, 11) is -1.67. The first-order chi connectivity index (χ1) is 8.65. The molecule has 0 radical (unpaired) electrons. The second-order valence-electron chi connectivity index (χ2n) is 3.98. The third-order valence-corrected chi connectivity index (χ3v) is 4.23. The molecule has 6 heteroatoms. The maximum Gasteiger partial charge on any atom is 0.241 e. The van der Waals surface area contributed by atoms with Gasteiger partial charge in [0.1, 0.15) is 0 Å². The first-order valence-corrected chi connectivity index (χ1v) is 7.25. The maximum absolute atomic E-state index is 12.2. The van der Waals surface area contributed by atoms with Crippen LogP contribution in [0.1, 0.15) is 0 Å². The van der Waals surface area contributed by atoms with Gasteiger partial charge in [-0.1, -0.05) is 36.4 Å². The lowest BCUT2D eigenvalue weighted by atomic mass is 10.1. The van der Waals surface area contributed by atoms with Crippen molar-refractivity contribution >= 4 is 33.2 Å². The molecule has 0 aliphatic rings. The number of sulfonamides is 1.